The molecule has 1 aromatic rings. The zero-order valence-corrected chi connectivity index (χ0v) is 12.7. The van der Waals surface area contributed by atoms with Gasteiger partial charge in [-0.1, -0.05) is 38.1 Å². The predicted molar refractivity (Wildman–Crippen MR) is 79.4 cm³/mol. The lowest BCUT2D eigenvalue weighted by Gasteiger charge is -2.55. The first-order valence-corrected chi connectivity index (χ1v) is 7.55. The van der Waals surface area contributed by atoms with Gasteiger partial charge < -0.3 is 14.8 Å². The Labute approximate surface area is 121 Å². The predicted octanol–water partition coefficient (Wildman–Crippen LogP) is 2.74. The highest BCUT2D eigenvalue weighted by atomic mass is 16.5. The van der Waals surface area contributed by atoms with Crippen LogP contribution in [-0.4, -0.2) is 25.9 Å². The Morgan fingerprint density at radius 1 is 1.30 bits per heavy atom. The van der Waals surface area contributed by atoms with Crippen LogP contribution < -0.4 is 5.32 Å². The summed E-state index contributed by atoms with van der Waals surface area (Å²) in [6.07, 6.45) is 1.65. The molecule has 1 N–H and O–H groups in total. The highest BCUT2D eigenvalue weighted by Gasteiger charge is 2.58. The molecular weight excluding hydrogens is 250 g/mol. The van der Waals surface area contributed by atoms with Crippen molar-refractivity contribution in [3.05, 3.63) is 35.4 Å². The molecule has 3 heteroatoms. The molecule has 3 rings (SSSR count). The lowest BCUT2D eigenvalue weighted by atomic mass is 9.57. The third-order valence-electron chi connectivity index (χ3n) is 5.03. The quantitative estimate of drug-likeness (QED) is 0.896. The molecule has 3 nitrogen and oxygen atoms in total. The lowest BCUT2D eigenvalue weighted by Crippen LogP contribution is -2.65. The third-order valence-corrected chi connectivity index (χ3v) is 5.03. The molecule has 1 saturated carbocycles. The van der Waals surface area contributed by atoms with Crippen molar-refractivity contribution in [2.24, 2.45) is 11.3 Å². The van der Waals surface area contributed by atoms with Gasteiger partial charge in [0.2, 0.25) is 0 Å². The number of fused-ring (bicyclic) bond motifs is 1. The van der Waals surface area contributed by atoms with E-state index in [2.05, 4.69) is 43.4 Å². The molecule has 2 fully saturated rings. The minimum absolute atomic E-state index is 0.247. The molecule has 3 unspecified atom stereocenters. The Hall–Kier alpha value is -0.900. The van der Waals surface area contributed by atoms with E-state index in [-0.39, 0.29) is 5.41 Å². The molecule has 0 radical (unpaired) electrons. The molecule has 3 atom stereocenters. The Morgan fingerprint density at radius 2 is 2.05 bits per heavy atom. The van der Waals surface area contributed by atoms with Gasteiger partial charge in [-0.05, 0) is 17.5 Å². The molecule has 1 saturated heterocycles. The van der Waals surface area contributed by atoms with Crippen molar-refractivity contribution in [2.45, 2.75) is 45.6 Å². The largest absolute Gasteiger partial charge is 0.380 e. The van der Waals surface area contributed by atoms with Gasteiger partial charge in [0.25, 0.3) is 0 Å². The maximum atomic E-state index is 5.85. The molecule has 0 spiro atoms. The number of methoxy groups -OCH3 is 1. The van der Waals surface area contributed by atoms with E-state index >= 15 is 0 Å². The van der Waals surface area contributed by atoms with Crippen molar-refractivity contribution in [2.75, 3.05) is 13.7 Å². The second-order valence-corrected chi connectivity index (χ2v) is 6.63. The van der Waals surface area contributed by atoms with Crippen molar-refractivity contribution in [3.8, 4) is 0 Å². The van der Waals surface area contributed by atoms with Gasteiger partial charge in [0.05, 0.1) is 12.7 Å². The van der Waals surface area contributed by atoms with E-state index in [1.54, 1.807) is 7.11 Å². The van der Waals surface area contributed by atoms with Gasteiger partial charge in [-0.25, -0.2) is 0 Å². The van der Waals surface area contributed by atoms with E-state index in [9.17, 15) is 0 Å². The summed E-state index contributed by atoms with van der Waals surface area (Å²) < 4.78 is 11.1. The van der Waals surface area contributed by atoms with Crippen molar-refractivity contribution in [1.29, 1.82) is 0 Å². The van der Waals surface area contributed by atoms with Gasteiger partial charge in [-0.3, -0.25) is 0 Å². The van der Waals surface area contributed by atoms with E-state index in [4.69, 9.17) is 9.47 Å². The van der Waals surface area contributed by atoms with E-state index in [0.29, 0.717) is 24.7 Å². The van der Waals surface area contributed by atoms with Crippen molar-refractivity contribution < 1.29 is 9.47 Å². The highest BCUT2D eigenvalue weighted by Crippen LogP contribution is 2.52. The average molecular weight is 275 g/mol. The lowest BCUT2D eigenvalue weighted by molar-refractivity contribution is -0.113. The number of hydrogen-bond donors (Lipinski definition) is 1. The maximum Gasteiger partial charge on any atom is 0.0716 e. The van der Waals surface area contributed by atoms with Gasteiger partial charge in [-0.15, -0.1) is 0 Å². The van der Waals surface area contributed by atoms with Crippen LogP contribution in [0, 0.1) is 11.3 Å². The van der Waals surface area contributed by atoms with Crippen LogP contribution in [0.2, 0.25) is 0 Å². The van der Waals surface area contributed by atoms with Crippen LogP contribution in [0.15, 0.2) is 24.3 Å². The van der Waals surface area contributed by atoms with Crippen molar-refractivity contribution in [1.82, 2.24) is 5.32 Å². The minimum Gasteiger partial charge on any atom is -0.380 e. The van der Waals surface area contributed by atoms with Crippen LogP contribution in [0.25, 0.3) is 0 Å². The number of nitrogens with one attached hydrogen (secondary N) is 1. The molecule has 0 bridgehead atoms. The minimum atomic E-state index is 0.247. The van der Waals surface area contributed by atoms with Crippen LogP contribution in [-0.2, 0) is 22.6 Å². The Bertz CT molecular complexity index is 472. The molecule has 2 aliphatic rings. The Kier molecular flexibility index (Phi) is 3.85. The topological polar surface area (TPSA) is 30.5 Å². The van der Waals surface area contributed by atoms with Crippen molar-refractivity contribution in [3.63, 3.8) is 0 Å². The normalized spacial score (nSPS) is 30.9. The number of rotatable bonds is 5. The summed E-state index contributed by atoms with van der Waals surface area (Å²) in [6.45, 7) is 7.16. The van der Waals surface area contributed by atoms with Crippen LogP contribution in [0.1, 0.15) is 31.4 Å². The standard InChI is InChI=1S/C17H25NO2/c1-17(2)15(14-8-9-20-16(14)17)18-10-12-6-4-5-7-13(12)11-19-3/h4-7,14-16,18H,8-11H2,1-3H3. The fourth-order valence-electron chi connectivity index (χ4n) is 3.98. The van der Waals surface area contributed by atoms with Crippen LogP contribution >= 0.6 is 0 Å². The number of hydrogen-bond acceptors (Lipinski definition) is 3. The summed E-state index contributed by atoms with van der Waals surface area (Å²) in [5.74, 6) is 0.694. The number of benzene rings is 1. The monoisotopic (exact) mass is 275 g/mol. The summed E-state index contributed by atoms with van der Waals surface area (Å²) in [6, 6.07) is 9.07. The smallest absolute Gasteiger partial charge is 0.0716 e. The van der Waals surface area contributed by atoms with Crippen LogP contribution in [0.3, 0.4) is 0 Å². The van der Waals surface area contributed by atoms with Crippen molar-refractivity contribution >= 4 is 0 Å². The van der Waals surface area contributed by atoms with E-state index < -0.39 is 0 Å². The molecular formula is C17H25NO2. The van der Waals surface area contributed by atoms with Gasteiger partial charge in [0.15, 0.2) is 0 Å². The van der Waals surface area contributed by atoms with Gasteiger partial charge in [0, 0.05) is 37.6 Å². The second kappa shape index (κ2) is 5.47. The van der Waals surface area contributed by atoms with E-state index in [1.165, 1.54) is 17.5 Å². The summed E-state index contributed by atoms with van der Waals surface area (Å²) >= 11 is 0. The highest BCUT2D eigenvalue weighted by molar-refractivity contribution is 5.27. The summed E-state index contributed by atoms with van der Waals surface area (Å²) in [4.78, 5) is 0. The summed E-state index contributed by atoms with van der Waals surface area (Å²) in [5.41, 5.74) is 2.86. The summed E-state index contributed by atoms with van der Waals surface area (Å²) in [5, 5.41) is 3.76. The SMILES string of the molecule is COCc1ccccc1CNC1C2CCOC2C1(C)C. The van der Waals surface area contributed by atoms with E-state index in [0.717, 1.165) is 13.2 Å². The van der Waals surface area contributed by atoms with E-state index in [1.807, 2.05) is 0 Å². The fraction of sp³-hybridized carbons (Fsp3) is 0.647. The second-order valence-electron chi connectivity index (χ2n) is 6.63. The zero-order chi connectivity index (χ0) is 14.2. The first-order chi connectivity index (χ1) is 9.64. The molecule has 110 valence electrons. The first kappa shape index (κ1) is 14.1. The molecule has 1 aliphatic carbocycles. The molecule has 1 aromatic carbocycles. The molecule has 0 amide bonds. The molecule has 20 heavy (non-hydrogen) atoms. The van der Waals surface area contributed by atoms with Crippen LogP contribution in [0.5, 0.6) is 0 Å². The molecule has 0 aromatic heterocycles. The van der Waals surface area contributed by atoms with Gasteiger partial charge >= 0.3 is 0 Å². The maximum absolute atomic E-state index is 5.85. The summed E-state index contributed by atoms with van der Waals surface area (Å²) in [7, 11) is 1.75. The van der Waals surface area contributed by atoms with Gasteiger partial charge in [0.1, 0.15) is 0 Å². The zero-order valence-electron chi connectivity index (χ0n) is 12.7. The molecule has 1 heterocycles. The van der Waals surface area contributed by atoms with Crippen LogP contribution in [0.4, 0.5) is 0 Å². The third kappa shape index (κ3) is 2.28. The first-order valence-electron chi connectivity index (χ1n) is 7.55. The van der Waals surface area contributed by atoms with Gasteiger partial charge in [-0.2, -0.15) is 0 Å². The fourth-order valence-corrected chi connectivity index (χ4v) is 3.98. The number of ether oxygens (including phenoxy) is 2. The molecule has 1 aliphatic heterocycles. The Balaban J connectivity index is 1.65. The Morgan fingerprint density at radius 3 is 2.80 bits per heavy atom. The average Bonchev–Trinajstić information content (AvgIpc) is 2.88.